The summed E-state index contributed by atoms with van der Waals surface area (Å²) in [6.45, 7) is 7.17. The van der Waals surface area contributed by atoms with E-state index in [4.69, 9.17) is 4.74 Å². The van der Waals surface area contributed by atoms with Crippen molar-refractivity contribution in [2.45, 2.75) is 26.7 Å². The van der Waals surface area contributed by atoms with E-state index >= 15 is 0 Å². The minimum Gasteiger partial charge on any atom is -0.462 e. The van der Waals surface area contributed by atoms with E-state index in [-0.39, 0.29) is 6.61 Å². The number of hydrogen-bond acceptors (Lipinski definition) is 3. The average Bonchev–Trinajstić information content (AvgIpc) is 2.15. The second kappa shape index (κ2) is 5.51. The van der Waals surface area contributed by atoms with Gasteiger partial charge >= 0.3 is 5.97 Å². The van der Waals surface area contributed by atoms with Crippen LogP contribution >= 0.6 is 0 Å². The molecule has 0 heterocycles. The molecule has 3 nitrogen and oxygen atoms in total. The Labute approximate surface area is 78.8 Å². The number of ether oxygens (including phenoxy) is 1. The number of aldehydes is 1. The second-order valence-corrected chi connectivity index (χ2v) is 3.33. The van der Waals surface area contributed by atoms with Gasteiger partial charge in [-0.25, -0.2) is 4.79 Å². The zero-order valence-corrected chi connectivity index (χ0v) is 8.21. The minimum absolute atomic E-state index is 0.134. The summed E-state index contributed by atoms with van der Waals surface area (Å²) in [4.78, 5) is 21.4. The van der Waals surface area contributed by atoms with Gasteiger partial charge in [-0.3, -0.25) is 0 Å². The van der Waals surface area contributed by atoms with Crippen molar-refractivity contribution in [3.8, 4) is 0 Å². The summed E-state index contributed by atoms with van der Waals surface area (Å²) in [7, 11) is 0. The Kier molecular flexibility index (Phi) is 5.04. The highest BCUT2D eigenvalue weighted by Crippen LogP contribution is 2.20. The highest BCUT2D eigenvalue weighted by molar-refractivity contribution is 5.81. The van der Waals surface area contributed by atoms with Gasteiger partial charge in [0, 0.05) is 6.08 Å². The van der Waals surface area contributed by atoms with Gasteiger partial charge in [0.05, 0.1) is 5.41 Å². The quantitative estimate of drug-likeness (QED) is 0.358. The number of esters is 1. The monoisotopic (exact) mass is 184 g/mol. The molecular weight excluding hydrogens is 168 g/mol. The number of carbonyl (C=O) groups is 2. The molecule has 0 spiro atoms. The molecule has 0 bridgehead atoms. The molecule has 3 heteroatoms. The van der Waals surface area contributed by atoms with E-state index in [0.717, 1.165) is 25.2 Å². The number of rotatable bonds is 6. The fourth-order valence-corrected chi connectivity index (χ4v) is 1.03. The molecule has 0 aromatic heterocycles. The summed E-state index contributed by atoms with van der Waals surface area (Å²) in [6.07, 6.45) is 3.55. The normalized spacial score (nSPS) is 14.3. The molecule has 0 rings (SSSR count). The van der Waals surface area contributed by atoms with Crippen molar-refractivity contribution in [2.75, 3.05) is 6.61 Å². The van der Waals surface area contributed by atoms with Crippen LogP contribution < -0.4 is 0 Å². The molecule has 1 unspecified atom stereocenters. The Balaban J connectivity index is 4.03. The van der Waals surface area contributed by atoms with Gasteiger partial charge in [-0.15, -0.1) is 0 Å². The molecule has 74 valence electrons. The van der Waals surface area contributed by atoms with E-state index in [9.17, 15) is 9.59 Å². The van der Waals surface area contributed by atoms with Crippen LogP contribution in [0.25, 0.3) is 0 Å². The lowest BCUT2D eigenvalue weighted by Crippen LogP contribution is -2.26. The first-order chi connectivity index (χ1) is 6.08. The van der Waals surface area contributed by atoms with Gasteiger partial charge in [-0.2, -0.15) is 0 Å². The van der Waals surface area contributed by atoms with E-state index in [1.54, 1.807) is 6.92 Å². The van der Waals surface area contributed by atoms with Crippen molar-refractivity contribution in [3.05, 3.63) is 12.7 Å². The van der Waals surface area contributed by atoms with Crippen molar-refractivity contribution >= 4 is 12.3 Å². The van der Waals surface area contributed by atoms with Gasteiger partial charge in [-0.1, -0.05) is 19.9 Å². The van der Waals surface area contributed by atoms with Crippen LogP contribution in [-0.2, 0) is 14.3 Å². The summed E-state index contributed by atoms with van der Waals surface area (Å²) in [5.41, 5.74) is -0.548. The van der Waals surface area contributed by atoms with E-state index in [1.165, 1.54) is 0 Å². The first-order valence-electron chi connectivity index (χ1n) is 4.33. The lowest BCUT2D eigenvalue weighted by molar-refractivity contribution is -0.142. The second-order valence-electron chi connectivity index (χ2n) is 3.33. The molecule has 1 atom stereocenters. The van der Waals surface area contributed by atoms with Crippen LogP contribution in [0.2, 0.25) is 0 Å². The maximum Gasteiger partial charge on any atom is 0.330 e. The molecule has 0 saturated heterocycles. The molecule has 0 fully saturated rings. The van der Waals surface area contributed by atoms with E-state index < -0.39 is 11.4 Å². The molecule has 0 radical (unpaired) electrons. The van der Waals surface area contributed by atoms with Crippen molar-refractivity contribution in [2.24, 2.45) is 5.41 Å². The SMILES string of the molecule is C=CC(=O)OCC(C)(C=O)CCC. The van der Waals surface area contributed by atoms with Crippen LogP contribution in [0.1, 0.15) is 26.7 Å². The Bertz CT molecular complexity index is 198. The van der Waals surface area contributed by atoms with Gasteiger partial charge in [0.15, 0.2) is 0 Å². The third kappa shape index (κ3) is 4.45. The molecule has 13 heavy (non-hydrogen) atoms. The van der Waals surface area contributed by atoms with Gasteiger partial charge in [0.1, 0.15) is 12.9 Å². The topological polar surface area (TPSA) is 43.4 Å². The van der Waals surface area contributed by atoms with Gasteiger partial charge in [-0.05, 0) is 13.3 Å². The first-order valence-corrected chi connectivity index (χ1v) is 4.33. The molecule has 0 aliphatic carbocycles. The van der Waals surface area contributed by atoms with Crippen molar-refractivity contribution in [1.82, 2.24) is 0 Å². The van der Waals surface area contributed by atoms with Gasteiger partial charge in [0.2, 0.25) is 0 Å². The zero-order valence-electron chi connectivity index (χ0n) is 8.21. The molecular formula is C10H16O3. The largest absolute Gasteiger partial charge is 0.462 e. The van der Waals surface area contributed by atoms with Crippen LogP contribution in [0.4, 0.5) is 0 Å². The molecule has 0 aliphatic heterocycles. The van der Waals surface area contributed by atoms with Crippen LogP contribution in [-0.4, -0.2) is 18.9 Å². The number of carbonyl (C=O) groups excluding carboxylic acids is 2. The predicted molar refractivity (Wildman–Crippen MR) is 50.2 cm³/mol. The molecule has 0 amide bonds. The first kappa shape index (κ1) is 11.9. The van der Waals surface area contributed by atoms with Gasteiger partial charge < -0.3 is 9.53 Å². The summed E-state index contributed by atoms with van der Waals surface area (Å²) in [5.74, 6) is -0.482. The Morgan fingerprint density at radius 3 is 2.62 bits per heavy atom. The fraction of sp³-hybridized carbons (Fsp3) is 0.600. The lowest BCUT2D eigenvalue weighted by Gasteiger charge is -2.21. The summed E-state index contributed by atoms with van der Waals surface area (Å²) in [6, 6.07) is 0. The molecule has 0 aromatic rings. The summed E-state index contributed by atoms with van der Waals surface area (Å²) >= 11 is 0. The predicted octanol–water partition coefficient (Wildman–Crippen LogP) is 1.72. The highest BCUT2D eigenvalue weighted by atomic mass is 16.5. The van der Waals surface area contributed by atoms with Crippen LogP contribution in [0, 0.1) is 5.41 Å². The fourth-order valence-electron chi connectivity index (χ4n) is 1.03. The maximum absolute atomic E-state index is 10.7. The molecule has 0 aliphatic rings. The van der Waals surface area contributed by atoms with E-state index in [2.05, 4.69) is 6.58 Å². The Hall–Kier alpha value is -1.12. The molecule has 0 saturated carbocycles. The Morgan fingerprint density at radius 2 is 2.23 bits per heavy atom. The smallest absolute Gasteiger partial charge is 0.330 e. The van der Waals surface area contributed by atoms with Crippen molar-refractivity contribution in [1.29, 1.82) is 0 Å². The maximum atomic E-state index is 10.7. The minimum atomic E-state index is -0.548. The third-order valence-corrected chi connectivity index (χ3v) is 1.82. The lowest BCUT2D eigenvalue weighted by atomic mass is 9.88. The average molecular weight is 184 g/mol. The zero-order chi connectivity index (χ0) is 10.3. The van der Waals surface area contributed by atoms with Crippen LogP contribution in [0.15, 0.2) is 12.7 Å². The standard InChI is InChI=1S/C10H16O3/c1-4-6-10(3,7-11)8-13-9(12)5-2/h5,7H,2,4,6,8H2,1,3H3. The van der Waals surface area contributed by atoms with E-state index in [0.29, 0.717) is 0 Å². The highest BCUT2D eigenvalue weighted by Gasteiger charge is 2.24. The summed E-state index contributed by atoms with van der Waals surface area (Å²) < 4.78 is 4.81. The summed E-state index contributed by atoms with van der Waals surface area (Å²) in [5, 5.41) is 0. The van der Waals surface area contributed by atoms with E-state index in [1.807, 2.05) is 6.92 Å². The Morgan fingerprint density at radius 1 is 1.62 bits per heavy atom. The number of hydrogen-bond donors (Lipinski definition) is 0. The molecule has 0 N–H and O–H groups in total. The third-order valence-electron chi connectivity index (χ3n) is 1.82. The van der Waals surface area contributed by atoms with Gasteiger partial charge in [0.25, 0.3) is 0 Å². The van der Waals surface area contributed by atoms with Crippen LogP contribution in [0.3, 0.4) is 0 Å². The van der Waals surface area contributed by atoms with Crippen molar-refractivity contribution < 1.29 is 14.3 Å². The van der Waals surface area contributed by atoms with Crippen molar-refractivity contribution in [3.63, 3.8) is 0 Å². The van der Waals surface area contributed by atoms with Crippen LogP contribution in [0.5, 0.6) is 0 Å². The molecule has 0 aromatic carbocycles.